The van der Waals surface area contributed by atoms with Crippen LogP contribution in [0.25, 0.3) is 0 Å². The summed E-state index contributed by atoms with van der Waals surface area (Å²) in [6.07, 6.45) is -0.0458. The predicted molar refractivity (Wildman–Crippen MR) is 62.2 cm³/mol. The van der Waals surface area contributed by atoms with E-state index >= 15 is 0 Å². The van der Waals surface area contributed by atoms with Gasteiger partial charge in [-0.2, -0.15) is 0 Å². The second kappa shape index (κ2) is 6.44. The summed E-state index contributed by atoms with van der Waals surface area (Å²) in [5.74, 6) is 0. The van der Waals surface area contributed by atoms with E-state index in [2.05, 4.69) is 26.2 Å². The Bertz CT molecular complexity index is 360. The number of aromatic nitrogens is 1. The fourth-order valence-electron chi connectivity index (χ4n) is 1.36. The third-order valence-corrected chi connectivity index (χ3v) is 2.48. The third-order valence-electron chi connectivity index (χ3n) is 2.04. The quantitative estimate of drug-likeness (QED) is 0.723. The normalized spacial score (nSPS) is 12.1. The topological polar surface area (TPSA) is 82.5 Å². The molecule has 1 amide bonds. The lowest BCUT2D eigenvalue weighted by atomic mass is 10.1. The van der Waals surface area contributed by atoms with Crippen molar-refractivity contribution in [2.45, 2.75) is 18.9 Å². The van der Waals surface area contributed by atoms with Crippen molar-refractivity contribution in [3.63, 3.8) is 0 Å². The van der Waals surface area contributed by atoms with Gasteiger partial charge in [-0.3, -0.25) is 0 Å². The molecule has 0 bridgehead atoms. The summed E-state index contributed by atoms with van der Waals surface area (Å²) in [5, 5.41) is 19.8. The highest BCUT2D eigenvalue weighted by Crippen LogP contribution is 2.18. The van der Waals surface area contributed by atoms with Gasteiger partial charge in [0, 0.05) is 6.61 Å². The van der Waals surface area contributed by atoms with E-state index in [0.717, 1.165) is 0 Å². The molecule has 1 rings (SSSR count). The zero-order valence-corrected chi connectivity index (χ0v) is 10.1. The summed E-state index contributed by atoms with van der Waals surface area (Å²) in [6.45, 7) is 0.0335. The Morgan fingerprint density at radius 1 is 1.56 bits per heavy atom. The van der Waals surface area contributed by atoms with Crippen LogP contribution in [0, 0.1) is 0 Å². The van der Waals surface area contributed by atoms with Crippen LogP contribution in [0.4, 0.5) is 4.79 Å². The van der Waals surface area contributed by atoms with Gasteiger partial charge in [0.25, 0.3) is 0 Å². The first-order valence-electron chi connectivity index (χ1n) is 4.86. The van der Waals surface area contributed by atoms with Crippen molar-refractivity contribution < 1.29 is 15.0 Å². The predicted octanol–water partition coefficient (Wildman–Crippen LogP) is 1.93. The molecule has 0 radical (unpaired) electrons. The molecule has 0 saturated carbocycles. The summed E-state index contributed by atoms with van der Waals surface area (Å²) in [6, 6.07) is 4.93. The van der Waals surface area contributed by atoms with Crippen molar-refractivity contribution in [1.82, 2.24) is 10.3 Å². The maximum atomic E-state index is 10.6. The summed E-state index contributed by atoms with van der Waals surface area (Å²) < 4.78 is 0.659. The molecule has 1 aromatic rings. The van der Waals surface area contributed by atoms with E-state index < -0.39 is 6.09 Å². The van der Waals surface area contributed by atoms with E-state index in [1.165, 1.54) is 0 Å². The lowest BCUT2D eigenvalue weighted by molar-refractivity contribution is 0.187. The van der Waals surface area contributed by atoms with Crippen LogP contribution in [0.1, 0.15) is 24.6 Å². The van der Waals surface area contributed by atoms with Gasteiger partial charge in [-0.15, -0.1) is 0 Å². The lowest BCUT2D eigenvalue weighted by Crippen LogP contribution is -2.27. The molecular formula is C10H13BrN2O3. The smallest absolute Gasteiger partial charge is 0.405 e. The second-order valence-electron chi connectivity index (χ2n) is 3.25. The van der Waals surface area contributed by atoms with E-state index in [9.17, 15) is 4.79 Å². The van der Waals surface area contributed by atoms with E-state index in [1.54, 1.807) is 18.2 Å². The minimum atomic E-state index is -1.09. The number of nitrogens with zero attached hydrogens (tertiary/aromatic N) is 1. The first-order chi connectivity index (χ1) is 7.63. The highest BCUT2D eigenvalue weighted by molar-refractivity contribution is 9.10. The number of carbonyl (C=O) groups is 1. The number of nitrogens with one attached hydrogen (secondary N) is 1. The molecule has 0 aromatic carbocycles. The Kier molecular flexibility index (Phi) is 5.21. The van der Waals surface area contributed by atoms with E-state index in [4.69, 9.17) is 10.2 Å². The zero-order chi connectivity index (χ0) is 12.0. The Balaban J connectivity index is 2.78. The van der Waals surface area contributed by atoms with Gasteiger partial charge >= 0.3 is 6.09 Å². The van der Waals surface area contributed by atoms with Gasteiger partial charge in [-0.05, 0) is 40.9 Å². The summed E-state index contributed by atoms with van der Waals surface area (Å²) in [7, 11) is 0. The maximum absolute atomic E-state index is 10.6. The number of hydrogen-bond acceptors (Lipinski definition) is 3. The van der Waals surface area contributed by atoms with Gasteiger partial charge in [-0.1, -0.05) is 6.07 Å². The molecule has 3 N–H and O–H groups in total. The molecule has 0 aliphatic carbocycles. The van der Waals surface area contributed by atoms with Gasteiger partial charge in [0.15, 0.2) is 0 Å². The average molecular weight is 289 g/mol. The number of carboxylic acid groups (broad SMARTS) is 1. The first kappa shape index (κ1) is 12.9. The van der Waals surface area contributed by atoms with Gasteiger partial charge < -0.3 is 15.5 Å². The van der Waals surface area contributed by atoms with Crippen molar-refractivity contribution in [3.05, 3.63) is 28.5 Å². The molecule has 1 heterocycles. The number of aliphatic hydroxyl groups is 1. The average Bonchev–Trinajstić information content (AvgIpc) is 2.23. The molecule has 88 valence electrons. The largest absolute Gasteiger partial charge is 0.465 e. The van der Waals surface area contributed by atoms with Crippen molar-refractivity contribution in [3.8, 4) is 0 Å². The molecule has 16 heavy (non-hydrogen) atoms. The molecule has 0 aliphatic heterocycles. The van der Waals surface area contributed by atoms with Crippen LogP contribution in [0.2, 0.25) is 0 Å². The molecule has 0 aliphatic rings. The monoisotopic (exact) mass is 288 g/mol. The van der Waals surface area contributed by atoms with Crippen LogP contribution in [0.5, 0.6) is 0 Å². The number of aliphatic hydroxyl groups excluding tert-OH is 1. The van der Waals surface area contributed by atoms with Crippen LogP contribution in [0.15, 0.2) is 22.8 Å². The number of amides is 1. The first-order valence-corrected chi connectivity index (χ1v) is 5.65. The van der Waals surface area contributed by atoms with Crippen molar-refractivity contribution >= 4 is 22.0 Å². The molecule has 0 fully saturated rings. The Labute approximate surface area is 102 Å². The highest BCUT2D eigenvalue weighted by atomic mass is 79.9. The third kappa shape index (κ3) is 4.16. The van der Waals surface area contributed by atoms with Crippen LogP contribution >= 0.6 is 15.9 Å². The van der Waals surface area contributed by atoms with Crippen molar-refractivity contribution in [2.24, 2.45) is 0 Å². The fourth-order valence-corrected chi connectivity index (χ4v) is 1.71. The van der Waals surface area contributed by atoms with Crippen LogP contribution in [0.3, 0.4) is 0 Å². The Hall–Kier alpha value is -1.14. The zero-order valence-electron chi connectivity index (χ0n) is 8.56. The molecular weight excluding hydrogens is 276 g/mol. The van der Waals surface area contributed by atoms with E-state index in [-0.39, 0.29) is 12.6 Å². The summed E-state index contributed by atoms with van der Waals surface area (Å²) in [4.78, 5) is 14.8. The standard InChI is InChI=1S/C10H13BrN2O3/c11-9-5-1-3-7(12-9)8(4-2-6-14)13-10(15)16/h1,3,5,8,13-14H,2,4,6H2,(H,15,16)/t8-/m0/s1. The molecule has 0 spiro atoms. The Morgan fingerprint density at radius 2 is 2.31 bits per heavy atom. The van der Waals surface area contributed by atoms with Gasteiger partial charge in [0.1, 0.15) is 4.60 Å². The van der Waals surface area contributed by atoms with Gasteiger partial charge in [-0.25, -0.2) is 9.78 Å². The highest BCUT2D eigenvalue weighted by Gasteiger charge is 2.14. The second-order valence-corrected chi connectivity index (χ2v) is 4.07. The molecule has 0 unspecified atom stereocenters. The Morgan fingerprint density at radius 3 is 2.88 bits per heavy atom. The van der Waals surface area contributed by atoms with E-state index in [1.807, 2.05) is 0 Å². The number of hydrogen-bond donors (Lipinski definition) is 3. The molecule has 1 aromatic heterocycles. The molecule has 1 atom stereocenters. The van der Waals surface area contributed by atoms with Crippen LogP contribution in [-0.4, -0.2) is 27.9 Å². The van der Waals surface area contributed by atoms with Crippen molar-refractivity contribution in [1.29, 1.82) is 0 Å². The van der Waals surface area contributed by atoms with E-state index in [0.29, 0.717) is 23.1 Å². The maximum Gasteiger partial charge on any atom is 0.405 e. The number of rotatable bonds is 5. The number of pyridine rings is 1. The van der Waals surface area contributed by atoms with Crippen LogP contribution in [-0.2, 0) is 0 Å². The lowest BCUT2D eigenvalue weighted by Gasteiger charge is -2.15. The number of halogens is 1. The minimum Gasteiger partial charge on any atom is -0.465 e. The van der Waals surface area contributed by atoms with Gasteiger partial charge in [0.2, 0.25) is 0 Å². The SMILES string of the molecule is O=C(O)N[C@@H](CCCO)c1cccc(Br)n1. The van der Waals surface area contributed by atoms with Crippen molar-refractivity contribution in [2.75, 3.05) is 6.61 Å². The van der Waals surface area contributed by atoms with Gasteiger partial charge in [0.05, 0.1) is 11.7 Å². The fraction of sp³-hybridized carbons (Fsp3) is 0.400. The summed E-state index contributed by atoms with van der Waals surface area (Å²) >= 11 is 3.23. The molecule has 0 saturated heterocycles. The van der Waals surface area contributed by atoms with Crippen LogP contribution < -0.4 is 5.32 Å². The summed E-state index contributed by atoms with van der Waals surface area (Å²) in [5.41, 5.74) is 0.644. The molecule has 5 nitrogen and oxygen atoms in total. The minimum absolute atomic E-state index is 0.0335. The molecule has 6 heteroatoms.